The van der Waals surface area contributed by atoms with Crippen LogP contribution in [0.1, 0.15) is 24.8 Å². The Bertz CT molecular complexity index is 629. The van der Waals surface area contributed by atoms with Crippen LogP contribution in [0.25, 0.3) is 0 Å². The monoisotopic (exact) mass is 317 g/mol. The molecule has 3 rings (SSSR count). The van der Waals surface area contributed by atoms with Gasteiger partial charge >= 0.3 is 11.9 Å². The van der Waals surface area contributed by atoms with Gasteiger partial charge in [0.25, 0.3) is 0 Å². The van der Waals surface area contributed by atoms with Crippen molar-refractivity contribution in [2.24, 2.45) is 0 Å². The van der Waals surface area contributed by atoms with Gasteiger partial charge in [-0.25, -0.2) is 4.79 Å². The summed E-state index contributed by atoms with van der Waals surface area (Å²) in [5.41, 5.74) is -0.681. The lowest BCUT2D eigenvalue weighted by atomic mass is 9.77. The quantitative estimate of drug-likeness (QED) is 0.609. The number of rotatable bonds is 3. The van der Waals surface area contributed by atoms with Gasteiger partial charge in [0.05, 0.1) is 19.1 Å². The third-order valence-corrected chi connectivity index (χ3v) is 4.56. The zero-order chi connectivity index (χ0) is 16.4. The molecule has 6 nitrogen and oxygen atoms in total. The van der Waals surface area contributed by atoms with E-state index in [1.807, 2.05) is 30.3 Å². The van der Waals surface area contributed by atoms with Crippen molar-refractivity contribution >= 4 is 17.7 Å². The largest absolute Gasteiger partial charge is 0.464 e. The topological polar surface area (TPSA) is 72.9 Å². The van der Waals surface area contributed by atoms with Crippen LogP contribution in [-0.4, -0.2) is 54.5 Å². The molecule has 2 aliphatic heterocycles. The number of Topliss-reactive ketones (excluding diaryl/α,β-unsaturated/α-hetero) is 1. The lowest BCUT2D eigenvalue weighted by molar-refractivity contribution is -0.160. The van der Waals surface area contributed by atoms with Crippen LogP contribution in [0.15, 0.2) is 30.3 Å². The van der Waals surface area contributed by atoms with Crippen molar-refractivity contribution in [1.82, 2.24) is 4.90 Å². The first-order valence-corrected chi connectivity index (χ1v) is 7.76. The van der Waals surface area contributed by atoms with Crippen molar-refractivity contribution in [2.45, 2.75) is 24.8 Å². The highest BCUT2D eigenvalue weighted by Gasteiger charge is 2.62. The maximum Gasteiger partial charge on any atom is 0.335 e. The fourth-order valence-corrected chi connectivity index (χ4v) is 3.55. The van der Waals surface area contributed by atoms with Gasteiger partial charge in [0.15, 0.2) is 11.3 Å². The molecular weight excluding hydrogens is 298 g/mol. The van der Waals surface area contributed by atoms with E-state index in [0.29, 0.717) is 6.54 Å². The minimum Gasteiger partial charge on any atom is -0.464 e. The Morgan fingerprint density at radius 1 is 1.35 bits per heavy atom. The van der Waals surface area contributed by atoms with Gasteiger partial charge in [0, 0.05) is 13.0 Å². The average molecular weight is 317 g/mol. The van der Waals surface area contributed by atoms with E-state index in [1.165, 1.54) is 0 Å². The van der Waals surface area contributed by atoms with Crippen molar-refractivity contribution in [3.8, 4) is 0 Å². The number of benzene rings is 1. The number of hydrogen-bond acceptors (Lipinski definition) is 6. The van der Waals surface area contributed by atoms with Crippen LogP contribution in [0.3, 0.4) is 0 Å². The second-order valence-electron chi connectivity index (χ2n) is 5.73. The Kier molecular flexibility index (Phi) is 4.17. The van der Waals surface area contributed by atoms with Crippen molar-refractivity contribution in [3.05, 3.63) is 35.9 Å². The molecule has 0 radical (unpaired) electrons. The van der Waals surface area contributed by atoms with Crippen LogP contribution in [-0.2, 0) is 23.9 Å². The second kappa shape index (κ2) is 6.12. The van der Waals surface area contributed by atoms with Gasteiger partial charge in [0.1, 0.15) is 6.61 Å². The molecular formula is C17H19NO5. The van der Waals surface area contributed by atoms with Crippen LogP contribution < -0.4 is 0 Å². The van der Waals surface area contributed by atoms with Gasteiger partial charge in [0.2, 0.25) is 0 Å². The molecule has 0 amide bonds. The SMILES string of the molecule is CCOC(=O)[C@]12C(=O)CCN1CC(=O)OC[C@@H]2c1ccccc1. The predicted molar refractivity (Wildman–Crippen MR) is 80.7 cm³/mol. The molecule has 1 aromatic rings. The average Bonchev–Trinajstić information content (AvgIpc) is 2.78. The number of esters is 2. The Hall–Kier alpha value is -2.21. The maximum atomic E-state index is 12.8. The lowest BCUT2D eigenvalue weighted by Gasteiger charge is -2.37. The molecule has 0 N–H and O–H groups in total. The Balaban J connectivity index is 2.15. The molecule has 122 valence electrons. The van der Waals surface area contributed by atoms with E-state index in [9.17, 15) is 14.4 Å². The summed E-state index contributed by atoms with van der Waals surface area (Å²) in [5, 5.41) is 0. The number of ether oxygens (including phenoxy) is 2. The van der Waals surface area contributed by atoms with Gasteiger partial charge in [-0.2, -0.15) is 0 Å². The fourth-order valence-electron chi connectivity index (χ4n) is 3.55. The molecule has 1 aromatic carbocycles. The molecule has 0 spiro atoms. The lowest BCUT2D eigenvalue weighted by Crippen LogP contribution is -2.60. The van der Waals surface area contributed by atoms with Gasteiger partial charge in [-0.3, -0.25) is 14.5 Å². The number of ketones is 1. The third kappa shape index (κ3) is 2.43. The number of carbonyl (C=O) groups is 3. The van der Waals surface area contributed by atoms with Crippen molar-refractivity contribution < 1.29 is 23.9 Å². The van der Waals surface area contributed by atoms with Crippen LogP contribution in [0.2, 0.25) is 0 Å². The smallest absolute Gasteiger partial charge is 0.335 e. The zero-order valence-corrected chi connectivity index (χ0v) is 13.0. The highest BCUT2D eigenvalue weighted by atomic mass is 16.5. The standard InChI is InChI=1S/C17H19NO5/c1-2-22-16(21)17-13(12-6-4-3-5-7-12)11-23-15(20)10-18(17)9-8-14(17)19/h3-7,13H,2,8-11H2,1H3/t13-,17+/m1/s1. The summed E-state index contributed by atoms with van der Waals surface area (Å²) in [4.78, 5) is 39.1. The van der Waals surface area contributed by atoms with E-state index in [2.05, 4.69) is 0 Å². The molecule has 0 bridgehead atoms. The Morgan fingerprint density at radius 3 is 2.78 bits per heavy atom. The molecule has 0 saturated carbocycles. The molecule has 0 aromatic heterocycles. The van der Waals surface area contributed by atoms with Crippen molar-refractivity contribution in [2.75, 3.05) is 26.3 Å². The van der Waals surface area contributed by atoms with Crippen molar-refractivity contribution in [1.29, 1.82) is 0 Å². The van der Waals surface area contributed by atoms with E-state index in [1.54, 1.807) is 11.8 Å². The van der Waals surface area contributed by atoms with Crippen LogP contribution in [0.5, 0.6) is 0 Å². The summed E-state index contributed by atoms with van der Waals surface area (Å²) in [7, 11) is 0. The minimum atomic E-state index is -1.47. The molecule has 23 heavy (non-hydrogen) atoms. The number of carbonyl (C=O) groups excluding carboxylic acids is 3. The highest BCUT2D eigenvalue weighted by molar-refractivity contribution is 6.11. The molecule has 6 heteroatoms. The summed E-state index contributed by atoms with van der Waals surface area (Å²) in [6.45, 7) is 2.15. The summed E-state index contributed by atoms with van der Waals surface area (Å²) < 4.78 is 10.5. The van der Waals surface area contributed by atoms with Crippen molar-refractivity contribution in [3.63, 3.8) is 0 Å². The zero-order valence-electron chi connectivity index (χ0n) is 13.0. The van der Waals surface area contributed by atoms with E-state index in [-0.39, 0.29) is 32.0 Å². The summed E-state index contributed by atoms with van der Waals surface area (Å²) in [6.07, 6.45) is 0.232. The van der Waals surface area contributed by atoms with Gasteiger partial charge in [-0.1, -0.05) is 30.3 Å². The fraction of sp³-hybridized carbons (Fsp3) is 0.471. The normalized spacial score (nSPS) is 28.0. The van der Waals surface area contributed by atoms with E-state index < -0.39 is 23.4 Å². The highest BCUT2D eigenvalue weighted by Crippen LogP contribution is 2.42. The number of hydrogen-bond donors (Lipinski definition) is 0. The Morgan fingerprint density at radius 2 is 2.09 bits per heavy atom. The first-order chi connectivity index (χ1) is 11.1. The maximum absolute atomic E-state index is 12.8. The van der Waals surface area contributed by atoms with Crippen LogP contribution >= 0.6 is 0 Å². The van der Waals surface area contributed by atoms with Gasteiger partial charge < -0.3 is 9.47 Å². The number of nitrogens with zero attached hydrogens (tertiary/aromatic N) is 1. The number of cyclic esters (lactones) is 1. The van der Waals surface area contributed by atoms with E-state index >= 15 is 0 Å². The molecule has 2 heterocycles. The van der Waals surface area contributed by atoms with Crippen LogP contribution in [0.4, 0.5) is 0 Å². The molecule has 2 saturated heterocycles. The first-order valence-electron chi connectivity index (χ1n) is 7.76. The Labute approximate surface area is 134 Å². The second-order valence-corrected chi connectivity index (χ2v) is 5.73. The number of fused-ring (bicyclic) bond motifs is 1. The summed E-state index contributed by atoms with van der Waals surface area (Å²) in [5.74, 6) is -1.78. The molecule has 0 unspecified atom stereocenters. The van der Waals surface area contributed by atoms with Gasteiger partial charge in [-0.05, 0) is 12.5 Å². The molecule has 2 atom stereocenters. The summed E-state index contributed by atoms with van der Waals surface area (Å²) >= 11 is 0. The third-order valence-electron chi connectivity index (χ3n) is 4.56. The van der Waals surface area contributed by atoms with Gasteiger partial charge in [-0.15, -0.1) is 0 Å². The molecule has 2 fully saturated rings. The summed E-state index contributed by atoms with van der Waals surface area (Å²) in [6, 6.07) is 9.22. The predicted octanol–water partition coefficient (Wildman–Crippen LogP) is 0.904. The molecule has 2 aliphatic rings. The van der Waals surface area contributed by atoms with E-state index in [4.69, 9.17) is 9.47 Å². The van der Waals surface area contributed by atoms with E-state index in [0.717, 1.165) is 5.56 Å². The van der Waals surface area contributed by atoms with Crippen LogP contribution in [0, 0.1) is 0 Å². The molecule has 0 aliphatic carbocycles. The first kappa shape index (κ1) is 15.7. The minimum absolute atomic E-state index is 0.0100.